The van der Waals surface area contributed by atoms with Gasteiger partial charge in [-0.1, -0.05) is 13.5 Å². The maximum Gasteiger partial charge on any atom is 0.269 e. The van der Waals surface area contributed by atoms with Crippen LogP contribution in [0.2, 0.25) is 0 Å². The average Bonchev–Trinajstić information content (AvgIpc) is 2.98. The number of rotatable bonds is 1. The van der Waals surface area contributed by atoms with Crippen LogP contribution in [0.25, 0.3) is 10.9 Å². The Morgan fingerprint density at radius 2 is 1.82 bits per heavy atom. The number of primary amides is 1. The quantitative estimate of drug-likeness (QED) is 0.751. The standard InChI is InChI=1S/C11H13N.C5H7N3O.CH4/c1-8-6-9(2)10-4-5-12(3)11(10)7-8;1-8-3-2-4(7-8)5(6)9;/h4-7H,1-3H3;2-3H,1H3,(H2,6,9);1H4. The van der Waals surface area contributed by atoms with Crippen molar-refractivity contribution in [2.45, 2.75) is 21.3 Å². The predicted octanol–water partition coefficient (Wildman–Crippen LogP) is 2.95. The second-order valence-electron chi connectivity index (χ2n) is 5.18. The maximum atomic E-state index is 10.4. The maximum absolute atomic E-state index is 10.4. The number of nitrogens with two attached hydrogens (primary N) is 1. The van der Waals surface area contributed by atoms with Crippen molar-refractivity contribution in [3.63, 3.8) is 0 Å². The smallest absolute Gasteiger partial charge is 0.269 e. The highest BCUT2D eigenvalue weighted by Gasteiger charge is 2.01. The topological polar surface area (TPSA) is 65.8 Å². The number of aromatic nitrogens is 3. The fourth-order valence-corrected chi connectivity index (χ4v) is 2.28. The Labute approximate surface area is 131 Å². The van der Waals surface area contributed by atoms with Crippen LogP contribution in [0.15, 0.2) is 36.7 Å². The summed E-state index contributed by atoms with van der Waals surface area (Å²) < 4.78 is 3.69. The molecular weight excluding hydrogens is 276 g/mol. The summed E-state index contributed by atoms with van der Waals surface area (Å²) in [6, 6.07) is 8.19. The Balaban J connectivity index is 0.000000219. The zero-order valence-electron chi connectivity index (χ0n) is 12.8. The normalized spacial score (nSPS) is 9.82. The van der Waals surface area contributed by atoms with Gasteiger partial charge in [-0.05, 0) is 43.2 Å². The molecule has 0 spiro atoms. The van der Waals surface area contributed by atoms with Crippen LogP contribution in [-0.2, 0) is 14.1 Å². The van der Waals surface area contributed by atoms with Gasteiger partial charge in [-0.15, -0.1) is 0 Å². The lowest BCUT2D eigenvalue weighted by atomic mass is 10.1. The molecule has 118 valence electrons. The molecule has 5 nitrogen and oxygen atoms in total. The molecule has 0 saturated heterocycles. The van der Waals surface area contributed by atoms with E-state index in [1.54, 1.807) is 19.3 Å². The third-order valence-corrected chi connectivity index (χ3v) is 3.32. The molecule has 2 aromatic heterocycles. The van der Waals surface area contributed by atoms with Gasteiger partial charge in [0, 0.05) is 37.4 Å². The Hall–Kier alpha value is -2.56. The van der Waals surface area contributed by atoms with Gasteiger partial charge in [0.15, 0.2) is 0 Å². The van der Waals surface area contributed by atoms with E-state index in [1.807, 2.05) is 0 Å². The molecule has 5 heteroatoms. The summed E-state index contributed by atoms with van der Waals surface area (Å²) in [5.41, 5.74) is 9.24. The Morgan fingerprint density at radius 1 is 1.14 bits per heavy atom. The van der Waals surface area contributed by atoms with Crippen molar-refractivity contribution in [2.24, 2.45) is 19.8 Å². The van der Waals surface area contributed by atoms with Crippen molar-refractivity contribution in [3.8, 4) is 0 Å². The SMILES string of the molecule is C.Cc1cc(C)c2ccn(C)c2c1.Cn1ccc(C(N)=O)n1. The summed E-state index contributed by atoms with van der Waals surface area (Å²) in [5, 5.41) is 5.12. The molecule has 0 atom stereocenters. The Morgan fingerprint density at radius 3 is 2.32 bits per heavy atom. The monoisotopic (exact) mass is 300 g/mol. The minimum Gasteiger partial charge on any atom is -0.364 e. The zero-order valence-corrected chi connectivity index (χ0v) is 12.8. The van der Waals surface area contributed by atoms with Crippen LogP contribution in [-0.4, -0.2) is 20.3 Å². The molecule has 3 rings (SSSR count). The molecule has 0 unspecified atom stereocenters. The largest absolute Gasteiger partial charge is 0.364 e. The van der Waals surface area contributed by atoms with E-state index in [0.717, 1.165) is 0 Å². The Bertz CT molecular complexity index is 783. The van der Waals surface area contributed by atoms with Crippen LogP contribution >= 0.6 is 0 Å². The predicted molar refractivity (Wildman–Crippen MR) is 90.8 cm³/mol. The average molecular weight is 300 g/mol. The van der Waals surface area contributed by atoms with Crippen molar-refractivity contribution in [2.75, 3.05) is 0 Å². The van der Waals surface area contributed by atoms with Crippen molar-refractivity contribution < 1.29 is 4.79 Å². The zero-order chi connectivity index (χ0) is 15.6. The first-order valence-corrected chi connectivity index (χ1v) is 6.70. The highest BCUT2D eigenvalue weighted by atomic mass is 16.1. The van der Waals surface area contributed by atoms with Crippen LogP contribution < -0.4 is 5.73 Å². The van der Waals surface area contributed by atoms with E-state index < -0.39 is 5.91 Å². The fourth-order valence-electron chi connectivity index (χ4n) is 2.28. The molecule has 1 aromatic carbocycles. The molecule has 3 aromatic rings. The summed E-state index contributed by atoms with van der Waals surface area (Å²) >= 11 is 0. The first kappa shape index (κ1) is 17.5. The first-order chi connectivity index (χ1) is 9.88. The van der Waals surface area contributed by atoms with E-state index >= 15 is 0 Å². The van der Waals surface area contributed by atoms with Crippen molar-refractivity contribution in [1.82, 2.24) is 14.3 Å². The minimum absolute atomic E-state index is 0. The summed E-state index contributed by atoms with van der Waals surface area (Å²) in [7, 11) is 3.81. The van der Waals surface area contributed by atoms with Crippen molar-refractivity contribution in [3.05, 3.63) is 53.5 Å². The van der Waals surface area contributed by atoms with E-state index in [-0.39, 0.29) is 7.43 Å². The first-order valence-electron chi connectivity index (χ1n) is 6.70. The van der Waals surface area contributed by atoms with Gasteiger partial charge in [-0.25, -0.2) is 0 Å². The van der Waals surface area contributed by atoms with Gasteiger partial charge in [-0.3, -0.25) is 9.48 Å². The van der Waals surface area contributed by atoms with Gasteiger partial charge < -0.3 is 10.3 Å². The molecule has 0 bridgehead atoms. The molecule has 0 fully saturated rings. The second kappa shape index (κ2) is 6.93. The minimum atomic E-state index is -0.490. The molecule has 0 aliphatic carbocycles. The summed E-state index contributed by atoms with van der Waals surface area (Å²) in [6.45, 7) is 4.30. The number of amides is 1. The van der Waals surface area contributed by atoms with Gasteiger partial charge >= 0.3 is 0 Å². The third kappa shape index (κ3) is 3.75. The summed E-state index contributed by atoms with van der Waals surface area (Å²) in [6.07, 6.45) is 3.78. The molecule has 0 aliphatic rings. The van der Waals surface area contributed by atoms with E-state index in [9.17, 15) is 4.79 Å². The molecule has 2 heterocycles. The highest BCUT2D eigenvalue weighted by molar-refractivity contribution is 5.90. The van der Waals surface area contributed by atoms with Crippen LogP contribution in [0, 0.1) is 13.8 Å². The van der Waals surface area contributed by atoms with Gasteiger partial charge in [0.25, 0.3) is 5.91 Å². The molecular formula is C17H24N4O. The number of aryl methyl sites for hydroxylation is 4. The van der Waals surface area contributed by atoms with Gasteiger partial charge in [0.2, 0.25) is 0 Å². The number of carbonyl (C=O) groups is 1. The molecule has 2 N–H and O–H groups in total. The van der Waals surface area contributed by atoms with Gasteiger partial charge in [0.1, 0.15) is 5.69 Å². The number of nitrogens with zero attached hydrogens (tertiary/aromatic N) is 3. The number of carbonyl (C=O) groups excluding carboxylic acids is 1. The lowest BCUT2D eigenvalue weighted by Gasteiger charge is -2.01. The van der Waals surface area contributed by atoms with Gasteiger partial charge in [-0.2, -0.15) is 5.10 Å². The van der Waals surface area contributed by atoms with Crippen molar-refractivity contribution >= 4 is 16.8 Å². The van der Waals surface area contributed by atoms with Crippen LogP contribution in [0.3, 0.4) is 0 Å². The van der Waals surface area contributed by atoms with E-state index in [0.29, 0.717) is 5.69 Å². The van der Waals surface area contributed by atoms with Gasteiger partial charge in [0.05, 0.1) is 0 Å². The summed E-state index contributed by atoms with van der Waals surface area (Å²) in [5.74, 6) is -0.490. The molecule has 0 radical (unpaired) electrons. The summed E-state index contributed by atoms with van der Waals surface area (Å²) in [4.78, 5) is 10.4. The number of fused-ring (bicyclic) bond motifs is 1. The van der Waals surface area contributed by atoms with E-state index in [4.69, 9.17) is 5.73 Å². The fraction of sp³-hybridized carbons (Fsp3) is 0.294. The lowest BCUT2D eigenvalue weighted by molar-refractivity contribution is 0.0995. The molecule has 22 heavy (non-hydrogen) atoms. The second-order valence-corrected chi connectivity index (χ2v) is 5.18. The number of benzene rings is 1. The third-order valence-electron chi connectivity index (χ3n) is 3.32. The van der Waals surface area contributed by atoms with Crippen LogP contribution in [0.5, 0.6) is 0 Å². The number of hydrogen-bond donors (Lipinski definition) is 1. The van der Waals surface area contributed by atoms with E-state index in [2.05, 4.69) is 55.0 Å². The highest BCUT2D eigenvalue weighted by Crippen LogP contribution is 2.20. The number of hydrogen-bond acceptors (Lipinski definition) is 2. The molecule has 0 saturated carbocycles. The van der Waals surface area contributed by atoms with Crippen LogP contribution in [0.1, 0.15) is 29.0 Å². The van der Waals surface area contributed by atoms with Crippen molar-refractivity contribution in [1.29, 1.82) is 0 Å². The van der Waals surface area contributed by atoms with Crippen LogP contribution in [0.4, 0.5) is 0 Å². The molecule has 1 amide bonds. The molecule has 0 aliphatic heterocycles. The Kier molecular flexibility index (Phi) is 5.51. The lowest BCUT2D eigenvalue weighted by Crippen LogP contribution is -2.11. The van der Waals surface area contributed by atoms with E-state index in [1.165, 1.54) is 26.7 Å².